The molecule has 2 rings (SSSR count). The number of methoxy groups -OCH3 is 1. The zero-order valence-corrected chi connectivity index (χ0v) is 11.7. The van der Waals surface area contributed by atoms with Gasteiger partial charge in [0.25, 0.3) is 0 Å². The van der Waals surface area contributed by atoms with E-state index in [9.17, 15) is 0 Å². The smallest absolute Gasteiger partial charge is 0.161 e. The summed E-state index contributed by atoms with van der Waals surface area (Å²) in [5.74, 6) is 1.66. The number of benzene rings is 1. The SMILES string of the molecule is CCC1(C)C(NC)CC1Oc1ccccc1OC. The van der Waals surface area contributed by atoms with Gasteiger partial charge in [-0.15, -0.1) is 0 Å². The summed E-state index contributed by atoms with van der Waals surface area (Å²) in [6.07, 6.45) is 2.42. The first-order valence-electron chi connectivity index (χ1n) is 6.62. The lowest BCUT2D eigenvalue weighted by Gasteiger charge is -2.53. The maximum absolute atomic E-state index is 6.15. The monoisotopic (exact) mass is 249 g/mol. The molecule has 1 aliphatic rings. The molecular weight excluding hydrogens is 226 g/mol. The van der Waals surface area contributed by atoms with E-state index in [1.54, 1.807) is 7.11 Å². The van der Waals surface area contributed by atoms with Crippen molar-refractivity contribution in [3.63, 3.8) is 0 Å². The van der Waals surface area contributed by atoms with Crippen LogP contribution < -0.4 is 14.8 Å². The predicted molar refractivity (Wildman–Crippen MR) is 73.3 cm³/mol. The third kappa shape index (κ3) is 2.07. The molecule has 3 unspecified atom stereocenters. The molecule has 0 bridgehead atoms. The van der Waals surface area contributed by atoms with Crippen LogP contribution in [0.25, 0.3) is 0 Å². The Kier molecular flexibility index (Phi) is 3.81. The van der Waals surface area contributed by atoms with Crippen molar-refractivity contribution in [2.24, 2.45) is 5.41 Å². The maximum atomic E-state index is 6.15. The van der Waals surface area contributed by atoms with Crippen LogP contribution in [0.15, 0.2) is 24.3 Å². The van der Waals surface area contributed by atoms with Gasteiger partial charge in [-0.1, -0.05) is 26.0 Å². The fraction of sp³-hybridized carbons (Fsp3) is 0.600. The summed E-state index contributed by atoms with van der Waals surface area (Å²) in [6, 6.07) is 8.40. The Bertz CT molecular complexity index is 407. The lowest BCUT2D eigenvalue weighted by molar-refractivity contribution is -0.0686. The van der Waals surface area contributed by atoms with Gasteiger partial charge in [0.1, 0.15) is 6.10 Å². The number of ether oxygens (including phenoxy) is 2. The molecule has 0 saturated heterocycles. The molecule has 1 N–H and O–H groups in total. The number of hydrogen-bond acceptors (Lipinski definition) is 3. The van der Waals surface area contributed by atoms with Crippen molar-refractivity contribution in [2.45, 2.75) is 38.8 Å². The van der Waals surface area contributed by atoms with Gasteiger partial charge >= 0.3 is 0 Å². The Morgan fingerprint density at radius 2 is 2.00 bits per heavy atom. The van der Waals surface area contributed by atoms with Crippen LogP contribution in [0.1, 0.15) is 26.7 Å². The molecule has 0 radical (unpaired) electrons. The van der Waals surface area contributed by atoms with Crippen molar-refractivity contribution in [3.05, 3.63) is 24.3 Å². The molecule has 1 aromatic rings. The molecule has 0 heterocycles. The third-order valence-electron chi connectivity index (χ3n) is 4.43. The van der Waals surface area contributed by atoms with Crippen LogP contribution in [-0.2, 0) is 0 Å². The molecule has 18 heavy (non-hydrogen) atoms. The molecule has 1 saturated carbocycles. The van der Waals surface area contributed by atoms with Crippen LogP contribution in [0.5, 0.6) is 11.5 Å². The first-order chi connectivity index (χ1) is 8.65. The molecule has 0 spiro atoms. The summed E-state index contributed by atoms with van der Waals surface area (Å²) >= 11 is 0. The van der Waals surface area contributed by atoms with E-state index >= 15 is 0 Å². The molecule has 3 atom stereocenters. The van der Waals surface area contributed by atoms with E-state index in [1.807, 2.05) is 31.3 Å². The zero-order valence-electron chi connectivity index (χ0n) is 11.7. The lowest BCUT2D eigenvalue weighted by Crippen LogP contribution is -2.62. The Morgan fingerprint density at radius 1 is 1.33 bits per heavy atom. The third-order valence-corrected chi connectivity index (χ3v) is 4.43. The number of hydrogen-bond donors (Lipinski definition) is 1. The average molecular weight is 249 g/mol. The minimum Gasteiger partial charge on any atom is -0.493 e. The minimum atomic E-state index is 0.204. The standard InChI is InChI=1S/C15H23NO2/c1-5-15(2)13(16-3)10-14(15)18-12-9-7-6-8-11(12)17-4/h6-9,13-14,16H,5,10H2,1-4H3. The second-order valence-corrected chi connectivity index (χ2v) is 5.19. The molecule has 0 amide bonds. The van der Waals surface area contributed by atoms with Gasteiger partial charge in [0, 0.05) is 17.9 Å². The van der Waals surface area contributed by atoms with Gasteiger partial charge in [-0.25, -0.2) is 0 Å². The summed E-state index contributed by atoms with van der Waals surface area (Å²) < 4.78 is 11.5. The lowest BCUT2D eigenvalue weighted by atomic mass is 9.61. The van der Waals surface area contributed by atoms with Gasteiger partial charge < -0.3 is 14.8 Å². The second-order valence-electron chi connectivity index (χ2n) is 5.19. The highest BCUT2D eigenvalue weighted by Gasteiger charge is 2.51. The first-order valence-corrected chi connectivity index (χ1v) is 6.62. The minimum absolute atomic E-state index is 0.204. The summed E-state index contributed by atoms with van der Waals surface area (Å²) in [5, 5.41) is 3.38. The quantitative estimate of drug-likeness (QED) is 0.870. The number of nitrogens with one attached hydrogen (secondary N) is 1. The predicted octanol–water partition coefficient (Wildman–Crippen LogP) is 2.85. The van der Waals surface area contributed by atoms with E-state index in [0.717, 1.165) is 24.3 Å². The molecule has 0 aromatic heterocycles. The van der Waals surface area contributed by atoms with Crippen molar-refractivity contribution in [1.29, 1.82) is 0 Å². The summed E-state index contributed by atoms with van der Waals surface area (Å²) in [6.45, 7) is 4.51. The van der Waals surface area contributed by atoms with E-state index in [1.165, 1.54) is 0 Å². The van der Waals surface area contributed by atoms with Crippen molar-refractivity contribution in [1.82, 2.24) is 5.32 Å². The number of rotatable bonds is 5. The van der Waals surface area contributed by atoms with E-state index in [-0.39, 0.29) is 11.5 Å². The molecule has 3 heteroatoms. The van der Waals surface area contributed by atoms with Crippen molar-refractivity contribution in [3.8, 4) is 11.5 Å². The van der Waals surface area contributed by atoms with Gasteiger partial charge in [0.15, 0.2) is 11.5 Å². The van der Waals surface area contributed by atoms with Crippen LogP contribution in [0.4, 0.5) is 0 Å². The summed E-state index contributed by atoms with van der Waals surface area (Å²) in [7, 11) is 3.70. The van der Waals surface area contributed by atoms with Gasteiger partial charge in [-0.05, 0) is 25.6 Å². The van der Waals surface area contributed by atoms with Crippen LogP contribution in [0.3, 0.4) is 0 Å². The Balaban J connectivity index is 2.11. The normalized spacial score (nSPS) is 30.7. The molecule has 3 nitrogen and oxygen atoms in total. The van der Waals surface area contributed by atoms with Gasteiger partial charge in [0.05, 0.1) is 7.11 Å². The van der Waals surface area contributed by atoms with Crippen LogP contribution in [-0.4, -0.2) is 26.3 Å². The highest BCUT2D eigenvalue weighted by atomic mass is 16.5. The fourth-order valence-corrected chi connectivity index (χ4v) is 2.79. The van der Waals surface area contributed by atoms with Gasteiger partial charge in [-0.3, -0.25) is 0 Å². The van der Waals surface area contributed by atoms with Crippen molar-refractivity contribution >= 4 is 0 Å². The Morgan fingerprint density at radius 3 is 2.56 bits per heavy atom. The molecule has 1 aliphatic carbocycles. The van der Waals surface area contributed by atoms with E-state index < -0.39 is 0 Å². The highest BCUT2D eigenvalue weighted by molar-refractivity contribution is 5.39. The molecule has 1 fully saturated rings. The largest absolute Gasteiger partial charge is 0.493 e. The summed E-state index contributed by atoms with van der Waals surface area (Å²) in [4.78, 5) is 0. The molecule has 100 valence electrons. The highest BCUT2D eigenvalue weighted by Crippen LogP contribution is 2.46. The van der Waals surface area contributed by atoms with Gasteiger partial charge in [0.2, 0.25) is 0 Å². The zero-order chi connectivity index (χ0) is 13.2. The van der Waals surface area contributed by atoms with Crippen molar-refractivity contribution in [2.75, 3.05) is 14.2 Å². The van der Waals surface area contributed by atoms with Gasteiger partial charge in [-0.2, -0.15) is 0 Å². The van der Waals surface area contributed by atoms with Crippen LogP contribution in [0.2, 0.25) is 0 Å². The molecule has 1 aromatic carbocycles. The van der Waals surface area contributed by atoms with E-state index in [4.69, 9.17) is 9.47 Å². The topological polar surface area (TPSA) is 30.5 Å². The van der Waals surface area contributed by atoms with Crippen LogP contribution in [0, 0.1) is 5.41 Å². The molecule has 0 aliphatic heterocycles. The summed E-state index contributed by atoms with van der Waals surface area (Å²) in [5.41, 5.74) is 0.204. The first kappa shape index (κ1) is 13.2. The van der Waals surface area contributed by atoms with E-state index in [0.29, 0.717) is 6.04 Å². The fourth-order valence-electron chi connectivity index (χ4n) is 2.79. The number of para-hydroxylation sites is 2. The van der Waals surface area contributed by atoms with E-state index in [2.05, 4.69) is 19.2 Å². The van der Waals surface area contributed by atoms with Crippen molar-refractivity contribution < 1.29 is 9.47 Å². The van der Waals surface area contributed by atoms with Crippen LogP contribution >= 0.6 is 0 Å². The second kappa shape index (κ2) is 5.19. The average Bonchev–Trinajstić information content (AvgIpc) is 2.42. The maximum Gasteiger partial charge on any atom is 0.161 e. The Hall–Kier alpha value is -1.22. The Labute approximate surface area is 109 Å². The molecular formula is C15H23NO2.